The van der Waals surface area contributed by atoms with Crippen LogP contribution in [0.5, 0.6) is 0 Å². The predicted octanol–water partition coefficient (Wildman–Crippen LogP) is 8.10. The van der Waals surface area contributed by atoms with Gasteiger partial charge in [0, 0.05) is 30.3 Å². The fourth-order valence-electron chi connectivity index (χ4n) is 5.29. The standard InChI is InChI=1S/C27H53NO2/c1-6-9-12-13-14-15-16-17-18-19-25(29)30-24-22-26(4,5)28-27(23-24,20-10-7-2)21-11-8-3/h24,28H,6-23H2,1-5H3. The smallest absolute Gasteiger partial charge is 0.306 e. The van der Waals surface area contributed by atoms with Gasteiger partial charge in [-0.1, -0.05) is 97.8 Å². The van der Waals surface area contributed by atoms with Gasteiger partial charge in [-0.2, -0.15) is 0 Å². The van der Waals surface area contributed by atoms with Gasteiger partial charge in [0.15, 0.2) is 0 Å². The highest BCUT2D eigenvalue weighted by atomic mass is 16.5. The Bertz CT molecular complexity index is 438. The molecule has 1 saturated heterocycles. The van der Waals surface area contributed by atoms with E-state index in [1.54, 1.807) is 0 Å². The zero-order chi connectivity index (χ0) is 22.3. The molecule has 1 rings (SSSR count). The normalized spacial score (nSPS) is 20.2. The molecule has 1 fully saturated rings. The molecular weight excluding hydrogens is 370 g/mol. The summed E-state index contributed by atoms with van der Waals surface area (Å²) in [5.41, 5.74) is 0.166. The van der Waals surface area contributed by atoms with Gasteiger partial charge in [0.2, 0.25) is 0 Å². The molecule has 1 atom stereocenters. The summed E-state index contributed by atoms with van der Waals surface area (Å²) in [6.45, 7) is 11.4. The van der Waals surface area contributed by atoms with Crippen molar-refractivity contribution in [2.75, 3.05) is 0 Å². The first-order valence-corrected chi connectivity index (χ1v) is 13.3. The van der Waals surface area contributed by atoms with E-state index in [0.717, 1.165) is 25.7 Å². The average molecular weight is 424 g/mol. The summed E-state index contributed by atoms with van der Waals surface area (Å²) in [6, 6.07) is 0. The van der Waals surface area contributed by atoms with Crippen molar-refractivity contribution in [3.8, 4) is 0 Å². The summed E-state index contributed by atoms with van der Waals surface area (Å²) in [7, 11) is 0. The maximum atomic E-state index is 12.5. The highest BCUT2D eigenvalue weighted by molar-refractivity contribution is 5.69. The largest absolute Gasteiger partial charge is 0.462 e. The number of unbranched alkanes of at least 4 members (excludes halogenated alkanes) is 10. The second-order valence-electron chi connectivity index (χ2n) is 10.6. The summed E-state index contributed by atoms with van der Waals surface area (Å²) < 4.78 is 6.04. The summed E-state index contributed by atoms with van der Waals surface area (Å²) in [5.74, 6) is 0.0283. The van der Waals surface area contributed by atoms with E-state index >= 15 is 0 Å². The first kappa shape index (κ1) is 27.5. The van der Waals surface area contributed by atoms with Gasteiger partial charge in [-0.15, -0.1) is 0 Å². The number of piperidine rings is 1. The topological polar surface area (TPSA) is 38.3 Å². The van der Waals surface area contributed by atoms with Crippen LogP contribution in [0.2, 0.25) is 0 Å². The maximum absolute atomic E-state index is 12.5. The molecule has 1 heterocycles. The van der Waals surface area contributed by atoms with Crippen molar-refractivity contribution in [3.63, 3.8) is 0 Å². The Hall–Kier alpha value is -0.570. The van der Waals surface area contributed by atoms with Crippen LogP contribution in [0.3, 0.4) is 0 Å². The van der Waals surface area contributed by atoms with E-state index in [2.05, 4.69) is 39.9 Å². The Morgan fingerprint density at radius 2 is 1.27 bits per heavy atom. The molecule has 0 aromatic rings. The molecular formula is C27H53NO2. The van der Waals surface area contributed by atoms with Crippen LogP contribution in [0.4, 0.5) is 0 Å². The van der Waals surface area contributed by atoms with Gasteiger partial charge in [-0.3, -0.25) is 4.79 Å². The highest BCUT2D eigenvalue weighted by Crippen LogP contribution is 2.37. The minimum atomic E-state index is 0.0283. The summed E-state index contributed by atoms with van der Waals surface area (Å²) >= 11 is 0. The van der Waals surface area contributed by atoms with E-state index in [-0.39, 0.29) is 23.2 Å². The number of hydrogen-bond donors (Lipinski definition) is 1. The molecule has 0 spiro atoms. The second-order valence-corrected chi connectivity index (χ2v) is 10.6. The van der Waals surface area contributed by atoms with E-state index in [1.165, 1.54) is 83.5 Å². The monoisotopic (exact) mass is 423 g/mol. The number of esters is 1. The molecule has 1 N–H and O–H groups in total. The van der Waals surface area contributed by atoms with Crippen LogP contribution in [-0.2, 0) is 9.53 Å². The third-order valence-electron chi connectivity index (χ3n) is 6.76. The van der Waals surface area contributed by atoms with Crippen molar-refractivity contribution >= 4 is 5.97 Å². The molecule has 0 bridgehead atoms. The molecule has 0 aromatic carbocycles. The molecule has 178 valence electrons. The molecule has 1 aliphatic heterocycles. The van der Waals surface area contributed by atoms with Gasteiger partial charge in [0.1, 0.15) is 6.10 Å². The highest BCUT2D eigenvalue weighted by Gasteiger charge is 2.43. The zero-order valence-electron chi connectivity index (χ0n) is 21.1. The SMILES string of the molecule is CCCCCCCCCCCC(=O)OC1CC(C)(C)NC(CCCC)(CCCC)C1. The van der Waals surface area contributed by atoms with Crippen LogP contribution in [0.25, 0.3) is 0 Å². The molecule has 0 aromatic heterocycles. The Kier molecular flexibility index (Phi) is 14.0. The van der Waals surface area contributed by atoms with Crippen molar-refractivity contribution in [1.82, 2.24) is 5.32 Å². The van der Waals surface area contributed by atoms with Crippen LogP contribution >= 0.6 is 0 Å². The van der Waals surface area contributed by atoms with Gasteiger partial charge < -0.3 is 10.1 Å². The van der Waals surface area contributed by atoms with Gasteiger partial charge in [0.05, 0.1) is 0 Å². The molecule has 30 heavy (non-hydrogen) atoms. The molecule has 0 aliphatic carbocycles. The lowest BCUT2D eigenvalue weighted by molar-refractivity contribution is -0.154. The lowest BCUT2D eigenvalue weighted by Gasteiger charge is -2.50. The zero-order valence-corrected chi connectivity index (χ0v) is 21.1. The molecule has 0 radical (unpaired) electrons. The van der Waals surface area contributed by atoms with Gasteiger partial charge >= 0.3 is 5.97 Å². The van der Waals surface area contributed by atoms with Gasteiger partial charge in [0.25, 0.3) is 0 Å². The third-order valence-corrected chi connectivity index (χ3v) is 6.76. The Balaban J connectivity index is 2.39. The molecule has 1 aliphatic rings. The Morgan fingerprint density at radius 3 is 1.80 bits per heavy atom. The summed E-state index contributed by atoms with van der Waals surface area (Å²) in [5, 5.41) is 3.97. The molecule has 3 nitrogen and oxygen atoms in total. The third kappa shape index (κ3) is 11.7. The Morgan fingerprint density at radius 1 is 0.767 bits per heavy atom. The Labute approximate surface area is 188 Å². The van der Waals surface area contributed by atoms with Crippen molar-refractivity contribution in [2.24, 2.45) is 0 Å². The van der Waals surface area contributed by atoms with Crippen LogP contribution in [0, 0.1) is 0 Å². The van der Waals surface area contributed by atoms with E-state index in [4.69, 9.17) is 4.74 Å². The lowest BCUT2D eigenvalue weighted by Crippen LogP contribution is -2.62. The summed E-state index contributed by atoms with van der Waals surface area (Å²) in [4.78, 5) is 12.5. The van der Waals surface area contributed by atoms with Crippen LogP contribution in [0.1, 0.15) is 150 Å². The molecule has 3 heteroatoms. The predicted molar refractivity (Wildman–Crippen MR) is 130 cm³/mol. The van der Waals surface area contributed by atoms with Crippen LogP contribution in [-0.4, -0.2) is 23.2 Å². The molecule has 1 unspecified atom stereocenters. The van der Waals surface area contributed by atoms with Gasteiger partial charge in [-0.05, 0) is 33.1 Å². The minimum Gasteiger partial charge on any atom is -0.462 e. The number of ether oxygens (including phenoxy) is 1. The number of carbonyl (C=O) groups is 1. The van der Waals surface area contributed by atoms with Crippen molar-refractivity contribution < 1.29 is 9.53 Å². The number of nitrogens with one attached hydrogen (secondary N) is 1. The van der Waals surface area contributed by atoms with E-state index in [1.807, 2.05) is 0 Å². The lowest BCUT2D eigenvalue weighted by atomic mass is 9.74. The van der Waals surface area contributed by atoms with Crippen LogP contribution in [0.15, 0.2) is 0 Å². The molecule has 0 saturated carbocycles. The fourth-order valence-corrected chi connectivity index (χ4v) is 5.29. The number of hydrogen-bond acceptors (Lipinski definition) is 3. The average Bonchev–Trinajstić information content (AvgIpc) is 2.68. The number of carbonyl (C=O) groups excluding carboxylic acids is 1. The molecule has 0 amide bonds. The minimum absolute atomic E-state index is 0.0283. The number of rotatable bonds is 17. The van der Waals surface area contributed by atoms with E-state index in [0.29, 0.717) is 6.42 Å². The first-order chi connectivity index (χ1) is 14.4. The second kappa shape index (κ2) is 15.3. The summed E-state index contributed by atoms with van der Waals surface area (Å²) in [6.07, 6.45) is 21.4. The van der Waals surface area contributed by atoms with E-state index < -0.39 is 0 Å². The van der Waals surface area contributed by atoms with Gasteiger partial charge in [-0.25, -0.2) is 0 Å². The van der Waals surface area contributed by atoms with Crippen LogP contribution < -0.4 is 5.32 Å². The maximum Gasteiger partial charge on any atom is 0.306 e. The quantitative estimate of drug-likeness (QED) is 0.190. The fraction of sp³-hybridized carbons (Fsp3) is 0.963. The van der Waals surface area contributed by atoms with Crippen molar-refractivity contribution in [3.05, 3.63) is 0 Å². The van der Waals surface area contributed by atoms with Crippen molar-refractivity contribution in [2.45, 2.75) is 167 Å². The van der Waals surface area contributed by atoms with Crippen molar-refractivity contribution in [1.29, 1.82) is 0 Å². The van der Waals surface area contributed by atoms with E-state index in [9.17, 15) is 4.79 Å². The first-order valence-electron chi connectivity index (χ1n) is 13.3.